The number of anilines is 1. The van der Waals surface area contributed by atoms with Gasteiger partial charge in [-0.1, -0.05) is 18.2 Å². The Morgan fingerprint density at radius 1 is 0.909 bits per heavy atom. The molecule has 0 bridgehead atoms. The molecule has 0 aliphatic carbocycles. The zero-order valence-electron chi connectivity index (χ0n) is 18.6. The number of piperazine rings is 1. The van der Waals surface area contributed by atoms with Gasteiger partial charge in [-0.25, -0.2) is 9.59 Å². The van der Waals surface area contributed by atoms with Gasteiger partial charge in [0.2, 0.25) is 0 Å². The van der Waals surface area contributed by atoms with Crippen LogP contribution >= 0.6 is 11.3 Å². The molecular weight excluding hydrogens is 446 g/mol. The fourth-order valence-electron chi connectivity index (χ4n) is 4.21. The molecule has 9 nitrogen and oxygen atoms in total. The second-order valence-corrected chi connectivity index (χ2v) is 8.75. The van der Waals surface area contributed by atoms with Crippen LogP contribution in [-0.4, -0.2) is 90.3 Å². The molecule has 2 aliphatic rings. The van der Waals surface area contributed by atoms with Crippen LogP contribution in [-0.2, 0) is 9.59 Å². The minimum absolute atomic E-state index is 0.199. The number of carbonyl (C=O) groups is 3. The summed E-state index contributed by atoms with van der Waals surface area (Å²) < 4.78 is 5.51. The van der Waals surface area contributed by atoms with Gasteiger partial charge in [0, 0.05) is 45.3 Å². The second-order valence-electron chi connectivity index (χ2n) is 7.81. The van der Waals surface area contributed by atoms with E-state index in [1.54, 1.807) is 7.11 Å². The van der Waals surface area contributed by atoms with Crippen molar-refractivity contribution in [3.8, 4) is 5.75 Å². The summed E-state index contributed by atoms with van der Waals surface area (Å²) in [5.74, 6) is -2.50. The molecule has 4 rings (SSSR count). The Kier molecular flexibility index (Phi) is 8.67. The molecule has 2 aliphatic heterocycles. The van der Waals surface area contributed by atoms with Crippen molar-refractivity contribution >= 4 is 34.9 Å². The van der Waals surface area contributed by atoms with Crippen molar-refractivity contribution in [2.75, 3.05) is 51.3 Å². The van der Waals surface area contributed by atoms with E-state index < -0.39 is 11.9 Å². The van der Waals surface area contributed by atoms with Crippen LogP contribution in [0, 0.1) is 0 Å². The van der Waals surface area contributed by atoms with Crippen molar-refractivity contribution in [2.45, 2.75) is 18.9 Å². The number of carbonyl (C=O) groups excluding carboxylic acids is 1. The lowest BCUT2D eigenvalue weighted by Crippen LogP contribution is -2.53. The first kappa shape index (κ1) is 24.5. The summed E-state index contributed by atoms with van der Waals surface area (Å²) in [6.07, 6.45) is 2.15. The van der Waals surface area contributed by atoms with Gasteiger partial charge in [-0.3, -0.25) is 9.69 Å². The molecule has 1 aromatic heterocycles. The number of aliphatic carboxylic acids is 2. The van der Waals surface area contributed by atoms with Crippen LogP contribution in [0.4, 0.5) is 5.69 Å². The number of methoxy groups -OCH3 is 1. The molecular formula is C23H29N3O6S. The average molecular weight is 476 g/mol. The highest BCUT2D eigenvalue weighted by Crippen LogP contribution is 2.29. The topological polar surface area (TPSA) is 111 Å². The van der Waals surface area contributed by atoms with E-state index in [0.717, 1.165) is 62.7 Å². The summed E-state index contributed by atoms with van der Waals surface area (Å²) in [5, 5.41) is 16.8. The number of amides is 1. The van der Waals surface area contributed by atoms with E-state index in [2.05, 4.69) is 21.9 Å². The third-order valence-electron chi connectivity index (χ3n) is 5.92. The lowest BCUT2D eigenvalue weighted by atomic mass is 10.0. The standard InChI is InChI=1S/C21H27N3O2S.C2H2O4/c1-26-19-6-3-2-5-18(19)23-14-12-22(13-15-23)17-8-10-24(11-9-17)21(25)20-7-4-16-27-20;3-1(4)2(5)6/h2-7,16-17H,8-15H2,1H3;(H,3,4)(H,5,6). The Morgan fingerprint density at radius 3 is 2.09 bits per heavy atom. The van der Waals surface area contributed by atoms with Gasteiger partial charge >= 0.3 is 11.9 Å². The highest BCUT2D eigenvalue weighted by molar-refractivity contribution is 7.12. The summed E-state index contributed by atoms with van der Waals surface area (Å²) >= 11 is 1.54. The van der Waals surface area contributed by atoms with Gasteiger partial charge in [0.15, 0.2) is 0 Å². The number of ether oxygens (including phenoxy) is 1. The summed E-state index contributed by atoms with van der Waals surface area (Å²) in [7, 11) is 1.74. The van der Waals surface area contributed by atoms with Crippen LogP contribution in [0.25, 0.3) is 0 Å². The number of rotatable bonds is 4. The fourth-order valence-corrected chi connectivity index (χ4v) is 4.90. The lowest BCUT2D eigenvalue weighted by Gasteiger charge is -2.43. The van der Waals surface area contributed by atoms with Gasteiger partial charge in [0.25, 0.3) is 5.91 Å². The zero-order chi connectivity index (χ0) is 23.8. The summed E-state index contributed by atoms with van der Waals surface area (Å²) in [6, 6.07) is 12.7. The second kappa shape index (κ2) is 11.7. The number of thiophene rings is 1. The maximum absolute atomic E-state index is 12.5. The molecule has 2 saturated heterocycles. The van der Waals surface area contributed by atoms with Crippen LogP contribution in [0.5, 0.6) is 5.75 Å². The van der Waals surface area contributed by atoms with Gasteiger partial charge in [-0.2, -0.15) is 0 Å². The van der Waals surface area contributed by atoms with E-state index >= 15 is 0 Å². The van der Waals surface area contributed by atoms with Crippen molar-refractivity contribution in [1.29, 1.82) is 0 Å². The highest BCUT2D eigenvalue weighted by atomic mass is 32.1. The summed E-state index contributed by atoms with van der Waals surface area (Å²) in [4.78, 5) is 38.6. The van der Waals surface area contributed by atoms with Crippen molar-refractivity contribution < 1.29 is 29.3 Å². The molecule has 0 atom stereocenters. The van der Waals surface area contributed by atoms with E-state index in [-0.39, 0.29) is 5.91 Å². The largest absolute Gasteiger partial charge is 0.495 e. The molecule has 3 heterocycles. The van der Waals surface area contributed by atoms with Crippen molar-refractivity contribution in [1.82, 2.24) is 9.80 Å². The third kappa shape index (κ3) is 6.45. The number of para-hydroxylation sites is 2. The van der Waals surface area contributed by atoms with Gasteiger partial charge < -0.3 is 24.7 Å². The Labute approximate surface area is 196 Å². The van der Waals surface area contributed by atoms with E-state index in [0.29, 0.717) is 6.04 Å². The predicted octanol–water partition coefficient (Wildman–Crippen LogP) is 2.34. The van der Waals surface area contributed by atoms with Crippen molar-refractivity contribution in [2.24, 2.45) is 0 Å². The van der Waals surface area contributed by atoms with Crippen molar-refractivity contribution in [3.63, 3.8) is 0 Å². The summed E-state index contributed by atoms with van der Waals surface area (Å²) in [5.41, 5.74) is 1.19. The molecule has 33 heavy (non-hydrogen) atoms. The first-order valence-electron chi connectivity index (χ1n) is 10.8. The first-order chi connectivity index (χ1) is 15.9. The molecule has 2 aromatic rings. The normalized spacial score (nSPS) is 17.1. The predicted molar refractivity (Wildman–Crippen MR) is 125 cm³/mol. The molecule has 2 fully saturated rings. The van der Waals surface area contributed by atoms with Gasteiger partial charge in [-0.05, 0) is 36.4 Å². The number of hydrogen-bond donors (Lipinski definition) is 2. The van der Waals surface area contributed by atoms with Crippen molar-refractivity contribution in [3.05, 3.63) is 46.7 Å². The number of carboxylic acid groups (broad SMARTS) is 2. The van der Waals surface area contributed by atoms with Gasteiger partial charge in [0.05, 0.1) is 17.7 Å². The smallest absolute Gasteiger partial charge is 0.414 e. The van der Waals surface area contributed by atoms with Gasteiger partial charge in [-0.15, -0.1) is 11.3 Å². The summed E-state index contributed by atoms with van der Waals surface area (Å²) in [6.45, 7) is 5.93. The van der Waals surface area contributed by atoms with Crippen LogP contribution in [0.15, 0.2) is 41.8 Å². The fraction of sp³-hybridized carbons (Fsp3) is 0.435. The number of carboxylic acids is 2. The van der Waals surface area contributed by atoms with E-state index in [4.69, 9.17) is 24.5 Å². The minimum Gasteiger partial charge on any atom is -0.495 e. The highest BCUT2D eigenvalue weighted by Gasteiger charge is 2.30. The van der Waals surface area contributed by atoms with E-state index in [9.17, 15) is 4.79 Å². The number of likely N-dealkylation sites (tertiary alicyclic amines) is 1. The molecule has 178 valence electrons. The molecule has 1 aromatic carbocycles. The Balaban J connectivity index is 0.000000454. The van der Waals surface area contributed by atoms with Crippen LogP contribution < -0.4 is 9.64 Å². The molecule has 2 N–H and O–H groups in total. The molecule has 0 radical (unpaired) electrons. The monoisotopic (exact) mass is 475 g/mol. The first-order valence-corrected chi connectivity index (χ1v) is 11.7. The number of benzene rings is 1. The zero-order valence-corrected chi connectivity index (χ0v) is 19.4. The quantitative estimate of drug-likeness (QED) is 0.649. The Hall–Kier alpha value is -3.11. The number of nitrogens with zero attached hydrogens (tertiary/aromatic N) is 3. The maximum atomic E-state index is 12.5. The number of piperidine rings is 1. The SMILES string of the molecule is COc1ccccc1N1CCN(C2CCN(C(=O)c3cccs3)CC2)CC1.O=C(O)C(=O)O. The molecule has 1 amide bonds. The maximum Gasteiger partial charge on any atom is 0.414 e. The Morgan fingerprint density at radius 2 is 1.55 bits per heavy atom. The van der Waals surface area contributed by atoms with E-state index in [1.165, 1.54) is 17.0 Å². The molecule has 0 spiro atoms. The molecule has 0 unspecified atom stereocenters. The molecule has 0 saturated carbocycles. The molecule has 10 heteroatoms. The Bertz CT molecular complexity index is 923. The van der Waals surface area contributed by atoms with Crippen LogP contribution in [0.3, 0.4) is 0 Å². The van der Waals surface area contributed by atoms with Gasteiger partial charge in [0.1, 0.15) is 5.75 Å². The number of hydrogen-bond acceptors (Lipinski definition) is 7. The third-order valence-corrected chi connectivity index (χ3v) is 6.78. The van der Waals surface area contributed by atoms with E-state index in [1.807, 2.05) is 34.5 Å². The minimum atomic E-state index is -1.82. The van der Waals surface area contributed by atoms with Crippen LogP contribution in [0.1, 0.15) is 22.5 Å². The van der Waals surface area contributed by atoms with Crippen LogP contribution in [0.2, 0.25) is 0 Å². The lowest BCUT2D eigenvalue weighted by molar-refractivity contribution is -0.159. The average Bonchev–Trinajstić information content (AvgIpc) is 3.39.